The van der Waals surface area contributed by atoms with Crippen molar-refractivity contribution in [3.8, 4) is 0 Å². The zero-order valence-corrected chi connectivity index (χ0v) is 9.02. The molecule has 0 saturated carbocycles. The monoisotopic (exact) mass is 218 g/mol. The highest BCUT2D eigenvalue weighted by atomic mass is 16.5. The fourth-order valence-electron chi connectivity index (χ4n) is 1.93. The van der Waals surface area contributed by atoms with E-state index in [0.717, 1.165) is 18.4 Å². The van der Waals surface area contributed by atoms with Crippen LogP contribution in [0.1, 0.15) is 30.1 Å². The lowest BCUT2D eigenvalue weighted by molar-refractivity contribution is 0.137. The maximum atomic E-state index is 9.41. The summed E-state index contributed by atoms with van der Waals surface area (Å²) in [6.45, 7) is 0. The summed E-state index contributed by atoms with van der Waals surface area (Å²) >= 11 is 0. The molecule has 1 heterocycles. The third-order valence-corrected chi connectivity index (χ3v) is 2.83. The average Bonchev–Trinajstić information content (AvgIpc) is 2.29. The van der Waals surface area contributed by atoms with Crippen LogP contribution in [0, 0.1) is 5.41 Å². The Hall–Kier alpha value is -1.33. The summed E-state index contributed by atoms with van der Waals surface area (Å²) in [4.78, 5) is 0. The minimum Gasteiger partial charge on any atom is -0.427 e. The number of hydrogen-bond donors (Lipinski definition) is 3. The van der Waals surface area contributed by atoms with E-state index in [9.17, 15) is 5.02 Å². The Kier molecular flexibility index (Phi) is 3.26. The van der Waals surface area contributed by atoms with Gasteiger partial charge in [0, 0.05) is 5.56 Å². The van der Waals surface area contributed by atoms with Crippen molar-refractivity contribution in [3.63, 3.8) is 0 Å². The lowest BCUT2D eigenvalue weighted by Gasteiger charge is -2.25. The van der Waals surface area contributed by atoms with Gasteiger partial charge in [-0.05, 0) is 18.3 Å². The second-order valence-corrected chi connectivity index (χ2v) is 4.05. The molecular weight excluding hydrogens is 203 g/mol. The van der Waals surface area contributed by atoms with Crippen LogP contribution in [-0.4, -0.2) is 18.0 Å². The van der Waals surface area contributed by atoms with E-state index in [0.29, 0.717) is 11.9 Å². The minimum atomic E-state index is -0.647. The highest BCUT2D eigenvalue weighted by Crippen LogP contribution is 2.29. The molecule has 1 fully saturated rings. The zero-order chi connectivity index (χ0) is 11.5. The summed E-state index contributed by atoms with van der Waals surface area (Å²) < 4.78 is 5.44. The molecule has 2 rings (SSSR count). The van der Waals surface area contributed by atoms with Crippen LogP contribution in [0.3, 0.4) is 0 Å². The van der Waals surface area contributed by atoms with Crippen LogP contribution < -0.4 is 5.73 Å². The third-order valence-electron chi connectivity index (χ3n) is 2.83. The number of benzene rings is 1. The Morgan fingerprint density at radius 2 is 2.12 bits per heavy atom. The molecule has 1 unspecified atom stereocenters. The van der Waals surface area contributed by atoms with Crippen LogP contribution in [0.2, 0.25) is 6.32 Å². The third kappa shape index (κ3) is 2.43. The topological polar surface area (TPSA) is 79.3 Å². The minimum absolute atomic E-state index is 0.0373. The lowest BCUT2D eigenvalue weighted by atomic mass is 9.78. The molecule has 4 nitrogen and oxygen atoms in total. The normalized spacial score (nSPS) is 20.8. The molecular formula is C11H15BN2O2. The van der Waals surface area contributed by atoms with Crippen LogP contribution in [0.25, 0.3) is 0 Å². The van der Waals surface area contributed by atoms with Gasteiger partial charge in [-0.1, -0.05) is 30.7 Å². The molecule has 84 valence electrons. The molecule has 5 heteroatoms. The molecule has 0 spiro atoms. The second-order valence-electron chi connectivity index (χ2n) is 4.05. The molecule has 0 aliphatic carbocycles. The molecule has 0 aromatic heterocycles. The summed E-state index contributed by atoms with van der Waals surface area (Å²) in [5.41, 5.74) is 7.12. The Balaban J connectivity index is 2.11. The number of nitrogen functional groups attached to an aromatic ring is 1. The smallest absolute Gasteiger partial charge is 0.427 e. The van der Waals surface area contributed by atoms with Crippen molar-refractivity contribution < 1.29 is 9.68 Å². The van der Waals surface area contributed by atoms with E-state index in [2.05, 4.69) is 0 Å². The van der Waals surface area contributed by atoms with E-state index in [1.54, 1.807) is 0 Å². The fraction of sp³-hybridized carbons (Fsp3) is 0.364. The number of rotatable bonds is 2. The van der Waals surface area contributed by atoms with Crippen molar-refractivity contribution in [2.75, 3.05) is 0 Å². The summed E-state index contributed by atoms with van der Waals surface area (Å²) in [5.74, 6) is 0.0659. The van der Waals surface area contributed by atoms with Crippen LogP contribution in [-0.2, 0) is 4.65 Å². The largest absolute Gasteiger partial charge is 0.454 e. The molecule has 4 N–H and O–H groups in total. The molecule has 1 aliphatic rings. The highest BCUT2D eigenvalue weighted by Gasteiger charge is 2.25. The fourth-order valence-corrected chi connectivity index (χ4v) is 1.93. The molecule has 0 amide bonds. The van der Waals surface area contributed by atoms with Gasteiger partial charge in [-0.2, -0.15) is 0 Å². The van der Waals surface area contributed by atoms with Crippen molar-refractivity contribution in [1.29, 1.82) is 5.41 Å². The van der Waals surface area contributed by atoms with Gasteiger partial charge in [0.15, 0.2) is 0 Å². The Labute approximate surface area is 95.1 Å². The van der Waals surface area contributed by atoms with Crippen molar-refractivity contribution in [2.45, 2.75) is 25.3 Å². The van der Waals surface area contributed by atoms with Gasteiger partial charge in [-0.25, -0.2) is 0 Å². The molecule has 1 aliphatic heterocycles. The van der Waals surface area contributed by atoms with E-state index < -0.39 is 7.12 Å². The van der Waals surface area contributed by atoms with E-state index in [1.165, 1.54) is 0 Å². The predicted octanol–water partition coefficient (Wildman–Crippen LogP) is 1.30. The van der Waals surface area contributed by atoms with Crippen LogP contribution in [0.4, 0.5) is 0 Å². The maximum Gasteiger partial charge on any atom is 0.454 e. The zero-order valence-electron chi connectivity index (χ0n) is 9.02. The van der Waals surface area contributed by atoms with Gasteiger partial charge in [0.05, 0.1) is 6.10 Å². The van der Waals surface area contributed by atoms with E-state index in [-0.39, 0.29) is 11.9 Å². The lowest BCUT2D eigenvalue weighted by Crippen LogP contribution is -2.25. The van der Waals surface area contributed by atoms with Crippen LogP contribution >= 0.6 is 0 Å². The molecule has 1 aromatic carbocycles. The first-order chi connectivity index (χ1) is 7.66. The van der Waals surface area contributed by atoms with Crippen LogP contribution in [0.15, 0.2) is 24.3 Å². The number of nitrogens with two attached hydrogens (primary N) is 1. The Morgan fingerprint density at radius 3 is 2.69 bits per heavy atom. The first kappa shape index (κ1) is 11.2. The standard InChI is InChI=1S/C11H15BN2O2/c13-11(14)9-5-3-8(4-6-9)10-2-1-7-12(15)16-10/h3-6,10,15H,1-2,7H2,(H3,13,14). The molecule has 1 aromatic rings. The average molecular weight is 218 g/mol. The van der Waals surface area contributed by atoms with Gasteiger partial charge < -0.3 is 15.4 Å². The number of hydrogen-bond acceptors (Lipinski definition) is 3. The quantitative estimate of drug-likeness (QED) is 0.397. The van der Waals surface area contributed by atoms with Gasteiger partial charge in [-0.15, -0.1) is 0 Å². The van der Waals surface area contributed by atoms with E-state index in [1.807, 2.05) is 24.3 Å². The van der Waals surface area contributed by atoms with Crippen molar-refractivity contribution >= 4 is 13.0 Å². The SMILES string of the molecule is N=C(N)c1ccc(C2CCCB(O)O2)cc1. The Bertz CT molecular complexity index is 380. The van der Waals surface area contributed by atoms with Gasteiger partial charge in [-0.3, -0.25) is 5.41 Å². The number of nitrogens with one attached hydrogen (secondary N) is 1. The van der Waals surface area contributed by atoms with E-state index in [4.69, 9.17) is 15.8 Å². The molecule has 0 bridgehead atoms. The molecule has 0 radical (unpaired) electrons. The predicted molar refractivity (Wildman–Crippen MR) is 63.3 cm³/mol. The van der Waals surface area contributed by atoms with Crippen molar-refractivity contribution in [1.82, 2.24) is 0 Å². The molecule has 16 heavy (non-hydrogen) atoms. The van der Waals surface area contributed by atoms with Crippen LogP contribution in [0.5, 0.6) is 0 Å². The first-order valence-corrected chi connectivity index (χ1v) is 5.44. The summed E-state index contributed by atoms with van der Waals surface area (Å²) in [6.07, 6.45) is 2.57. The van der Waals surface area contributed by atoms with Gasteiger partial charge in [0.25, 0.3) is 0 Å². The highest BCUT2D eigenvalue weighted by molar-refractivity contribution is 6.42. The maximum absolute atomic E-state index is 9.41. The van der Waals surface area contributed by atoms with Crippen molar-refractivity contribution in [2.24, 2.45) is 5.73 Å². The summed E-state index contributed by atoms with van der Waals surface area (Å²) in [7, 11) is -0.647. The van der Waals surface area contributed by atoms with Gasteiger partial charge >= 0.3 is 7.12 Å². The molecule has 1 saturated heterocycles. The first-order valence-electron chi connectivity index (χ1n) is 5.44. The summed E-state index contributed by atoms with van der Waals surface area (Å²) in [5, 5.41) is 16.7. The summed E-state index contributed by atoms with van der Waals surface area (Å²) in [6, 6.07) is 7.42. The van der Waals surface area contributed by atoms with E-state index >= 15 is 0 Å². The molecule has 1 atom stereocenters. The Morgan fingerprint density at radius 1 is 1.44 bits per heavy atom. The van der Waals surface area contributed by atoms with Crippen molar-refractivity contribution in [3.05, 3.63) is 35.4 Å². The van der Waals surface area contributed by atoms with Gasteiger partial charge in [0.2, 0.25) is 0 Å². The number of amidine groups is 1. The van der Waals surface area contributed by atoms with Gasteiger partial charge in [0.1, 0.15) is 5.84 Å². The second kappa shape index (κ2) is 4.68.